The second kappa shape index (κ2) is 9.33. The number of hydrogen-bond acceptors (Lipinski definition) is 4. The van der Waals surface area contributed by atoms with E-state index in [1.165, 1.54) is 0 Å². The Kier molecular flexibility index (Phi) is 8.12. The fourth-order valence-electron chi connectivity index (χ4n) is 2.72. The van der Waals surface area contributed by atoms with Gasteiger partial charge >= 0.3 is 5.97 Å². The molecule has 2 N–H and O–H groups in total. The van der Waals surface area contributed by atoms with Crippen molar-refractivity contribution in [3.8, 4) is 5.75 Å². The number of ether oxygens (including phenoxy) is 1. The molecular formula is C16H24Cl2N2O3. The van der Waals surface area contributed by atoms with Gasteiger partial charge in [-0.2, -0.15) is 0 Å². The Labute approximate surface area is 148 Å². The topological polar surface area (TPSA) is 61.8 Å². The maximum atomic E-state index is 10.6. The molecule has 1 atom stereocenters. The number of nitrogens with zero attached hydrogens (tertiary/aromatic N) is 1. The Morgan fingerprint density at radius 2 is 2.30 bits per heavy atom. The number of carboxylic acid groups (broad SMARTS) is 1. The van der Waals surface area contributed by atoms with Gasteiger partial charge in [-0.15, -0.1) is 12.4 Å². The van der Waals surface area contributed by atoms with E-state index >= 15 is 0 Å². The normalized spacial score (nSPS) is 21.0. The van der Waals surface area contributed by atoms with Crippen molar-refractivity contribution in [2.45, 2.75) is 25.3 Å². The van der Waals surface area contributed by atoms with E-state index in [9.17, 15) is 4.79 Å². The van der Waals surface area contributed by atoms with Gasteiger partial charge in [-0.3, -0.25) is 4.79 Å². The highest BCUT2D eigenvalue weighted by molar-refractivity contribution is 6.30. The maximum Gasteiger partial charge on any atom is 0.317 e. The van der Waals surface area contributed by atoms with Crippen molar-refractivity contribution in [2.24, 2.45) is 0 Å². The summed E-state index contributed by atoms with van der Waals surface area (Å²) < 4.78 is 5.67. The monoisotopic (exact) mass is 362 g/mol. The molecule has 1 unspecified atom stereocenters. The summed E-state index contributed by atoms with van der Waals surface area (Å²) in [6, 6.07) is 7.40. The van der Waals surface area contributed by atoms with Gasteiger partial charge in [-0.05, 0) is 38.0 Å². The summed E-state index contributed by atoms with van der Waals surface area (Å²) >= 11 is 5.91. The maximum absolute atomic E-state index is 10.6. The second-order valence-corrected chi connectivity index (χ2v) is 6.43. The van der Waals surface area contributed by atoms with Gasteiger partial charge in [0.05, 0.1) is 13.2 Å². The fraction of sp³-hybridized carbons (Fsp3) is 0.562. The van der Waals surface area contributed by atoms with E-state index in [0.29, 0.717) is 11.6 Å². The zero-order valence-corrected chi connectivity index (χ0v) is 14.8. The molecule has 1 heterocycles. The van der Waals surface area contributed by atoms with Gasteiger partial charge in [0.1, 0.15) is 5.75 Å². The van der Waals surface area contributed by atoms with Crippen LogP contribution in [0, 0.1) is 0 Å². The van der Waals surface area contributed by atoms with Gasteiger partial charge in [0.25, 0.3) is 0 Å². The predicted octanol–water partition coefficient (Wildman–Crippen LogP) is 2.67. The minimum Gasteiger partial charge on any atom is -0.493 e. The Morgan fingerprint density at radius 3 is 3.00 bits per heavy atom. The largest absolute Gasteiger partial charge is 0.493 e. The third-order valence-electron chi connectivity index (χ3n) is 3.90. The van der Waals surface area contributed by atoms with Crippen molar-refractivity contribution in [3.63, 3.8) is 0 Å². The van der Waals surface area contributed by atoms with Gasteiger partial charge in [-0.25, -0.2) is 0 Å². The summed E-state index contributed by atoms with van der Waals surface area (Å²) in [5.74, 6) is -0.0171. The lowest BCUT2D eigenvalue weighted by Gasteiger charge is -2.25. The molecule has 1 aromatic rings. The molecule has 1 aliphatic rings. The van der Waals surface area contributed by atoms with Crippen molar-refractivity contribution < 1.29 is 14.6 Å². The first kappa shape index (κ1) is 20.0. The van der Waals surface area contributed by atoms with Crippen LogP contribution in [0.2, 0.25) is 5.02 Å². The van der Waals surface area contributed by atoms with Crippen molar-refractivity contribution in [1.29, 1.82) is 0 Å². The molecule has 0 bridgehead atoms. The number of aliphatic carboxylic acids is 1. The number of rotatable bonds is 8. The van der Waals surface area contributed by atoms with Crippen LogP contribution < -0.4 is 10.1 Å². The van der Waals surface area contributed by atoms with Crippen LogP contribution in [0.25, 0.3) is 0 Å². The first-order valence-corrected chi connectivity index (χ1v) is 7.92. The van der Waals surface area contributed by atoms with Crippen molar-refractivity contribution in [2.75, 3.05) is 32.8 Å². The molecule has 130 valence electrons. The third-order valence-corrected chi connectivity index (χ3v) is 4.14. The minimum atomic E-state index is -0.811. The Morgan fingerprint density at radius 1 is 1.52 bits per heavy atom. The molecule has 0 saturated carbocycles. The van der Waals surface area contributed by atoms with Crippen LogP contribution >= 0.6 is 24.0 Å². The molecule has 1 saturated heterocycles. The summed E-state index contributed by atoms with van der Waals surface area (Å²) in [6.07, 6.45) is 1.90. The first-order chi connectivity index (χ1) is 10.5. The van der Waals surface area contributed by atoms with Crippen molar-refractivity contribution >= 4 is 30.0 Å². The standard InChI is InChI=1S/C16H23ClN2O3.ClH/c1-16(18-11-15(20)21)6-8-19(12-16)7-3-9-22-14-5-2-4-13(17)10-14;/h2,4-5,10,18H,3,6-9,11-12H2,1H3,(H,20,21);1H. The van der Waals surface area contributed by atoms with Gasteiger partial charge in [0.15, 0.2) is 0 Å². The number of nitrogens with one attached hydrogen (secondary N) is 1. The van der Waals surface area contributed by atoms with Crippen LogP contribution in [0.3, 0.4) is 0 Å². The molecule has 23 heavy (non-hydrogen) atoms. The molecule has 0 aliphatic carbocycles. The van der Waals surface area contributed by atoms with E-state index in [1.54, 1.807) is 0 Å². The van der Waals surface area contributed by atoms with E-state index in [1.807, 2.05) is 24.3 Å². The number of carbonyl (C=O) groups is 1. The van der Waals surface area contributed by atoms with Crippen LogP contribution in [0.4, 0.5) is 0 Å². The lowest BCUT2D eigenvalue weighted by molar-refractivity contribution is -0.136. The average Bonchev–Trinajstić information content (AvgIpc) is 2.84. The Hall–Kier alpha value is -1.01. The molecule has 0 amide bonds. The van der Waals surface area contributed by atoms with Gasteiger partial charge < -0.3 is 20.1 Å². The van der Waals surface area contributed by atoms with Crippen LogP contribution in [0.15, 0.2) is 24.3 Å². The average molecular weight is 363 g/mol. The van der Waals surface area contributed by atoms with Gasteiger partial charge in [-0.1, -0.05) is 17.7 Å². The highest BCUT2D eigenvalue weighted by Gasteiger charge is 2.33. The number of likely N-dealkylation sites (tertiary alicyclic amines) is 1. The summed E-state index contributed by atoms with van der Waals surface area (Å²) in [4.78, 5) is 13.0. The molecule has 0 aromatic heterocycles. The molecular weight excluding hydrogens is 339 g/mol. The van der Waals surface area contributed by atoms with E-state index in [2.05, 4.69) is 17.1 Å². The summed E-state index contributed by atoms with van der Waals surface area (Å²) in [5, 5.41) is 12.6. The van der Waals surface area contributed by atoms with Gasteiger partial charge in [0, 0.05) is 30.2 Å². The fourth-order valence-corrected chi connectivity index (χ4v) is 2.90. The SMILES string of the molecule is CC1(NCC(=O)O)CCN(CCCOc2cccc(Cl)c2)C1.Cl. The molecule has 2 rings (SSSR count). The summed E-state index contributed by atoms with van der Waals surface area (Å²) in [6.45, 7) is 5.55. The lowest BCUT2D eigenvalue weighted by atomic mass is 10.0. The van der Waals surface area contributed by atoms with Crippen LogP contribution in [-0.4, -0.2) is 54.3 Å². The zero-order valence-electron chi connectivity index (χ0n) is 13.3. The minimum absolute atomic E-state index is 0. The molecule has 1 aromatic carbocycles. The van der Waals surface area contributed by atoms with Crippen molar-refractivity contribution in [3.05, 3.63) is 29.3 Å². The van der Waals surface area contributed by atoms with Gasteiger partial charge in [0.2, 0.25) is 0 Å². The summed E-state index contributed by atoms with van der Waals surface area (Å²) in [7, 11) is 0. The Bertz CT molecular complexity index is 516. The van der Waals surface area contributed by atoms with Crippen LogP contribution in [0.5, 0.6) is 5.75 Å². The number of carboxylic acids is 1. The number of benzene rings is 1. The lowest BCUT2D eigenvalue weighted by Crippen LogP contribution is -2.47. The molecule has 1 aliphatic heterocycles. The van der Waals surface area contributed by atoms with E-state index in [-0.39, 0.29) is 24.5 Å². The van der Waals surface area contributed by atoms with Crippen LogP contribution in [0.1, 0.15) is 19.8 Å². The van der Waals surface area contributed by atoms with E-state index in [4.69, 9.17) is 21.4 Å². The smallest absolute Gasteiger partial charge is 0.317 e. The molecule has 1 fully saturated rings. The molecule has 7 heteroatoms. The van der Waals surface area contributed by atoms with E-state index in [0.717, 1.165) is 38.2 Å². The number of halogens is 2. The van der Waals surface area contributed by atoms with Crippen molar-refractivity contribution in [1.82, 2.24) is 10.2 Å². The third kappa shape index (κ3) is 6.96. The second-order valence-electron chi connectivity index (χ2n) is 5.99. The zero-order chi connectivity index (χ0) is 16.0. The first-order valence-electron chi connectivity index (χ1n) is 7.54. The highest BCUT2D eigenvalue weighted by atomic mass is 35.5. The number of hydrogen-bond donors (Lipinski definition) is 2. The molecule has 0 radical (unpaired) electrons. The molecule has 5 nitrogen and oxygen atoms in total. The van der Waals surface area contributed by atoms with E-state index < -0.39 is 5.97 Å². The molecule has 0 spiro atoms. The highest BCUT2D eigenvalue weighted by Crippen LogP contribution is 2.21. The predicted molar refractivity (Wildman–Crippen MR) is 93.9 cm³/mol. The summed E-state index contributed by atoms with van der Waals surface area (Å²) in [5.41, 5.74) is -0.105. The Balaban J connectivity index is 0.00000264. The van der Waals surface area contributed by atoms with Crippen LogP contribution in [-0.2, 0) is 4.79 Å². The quantitative estimate of drug-likeness (QED) is 0.696.